The fourth-order valence-electron chi connectivity index (χ4n) is 7.09. The summed E-state index contributed by atoms with van der Waals surface area (Å²) >= 11 is 0. The van der Waals surface area contributed by atoms with Crippen LogP contribution in [-0.4, -0.2) is 41.9 Å². The van der Waals surface area contributed by atoms with Gasteiger partial charge >= 0.3 is 0 Å². The van der Waals surface area contributed by atoms with E-state index < -0.39 is 0 Å². The van der Waals surface area contributed by atoms with Gasteiger partial charge in [-0.05, 0) is 80.9 Å². The molecule has 1 spiro atoms. The van der Waals surface area contributed by atoms with Gasteiger partial charge in [0.05, 0.1) is 22.0 Å². The Morgan fingerprint density at radius 3 is 2.63 bits per heavy atom. The van der Waals surface area contributed by atoms with Crippen LogP contribution in [-0.2, 0) is 5.41 Å². The van der Waals surface area contributed by atoms with Crippen LogP contribution >= 0.6 is 0 Å². The number of hydrogen-bond donors (Lipinski definition) is 0. The van der Waals surface area contributed by atoms with Gasteiger partial charge in [0.15, 0.2) is 0 Å². The number of aromatic nitrogens is 2. The molecule has 1 saturated carbocycles. The Bertz CT molecular complexity index is 1300. The van der Waals surface area contributed by atoms with E-state index in [1.165, 1.54) is 87.8 Å². The molecule has 5 heteroatoms. The lowest BCUT2D eigenvalue weighted by atomic mass is 9.69. The number of nitrogens with zero attached hydrogens (tertiary/aromatic N) is 3. The van der Waals surface area contributed by atoms with Crippen molar-refractivity contribution in [3.8, 4) is 5.69 Å². The monoisotopic (exact) mass is 465 g/mol. The summed E-state index contributed by atoms with van der Waals surface area (Å²) in [6, 6.07) is 12.9. The SMILES string of the molecule is [B]c1cccc2c1c(=O)nc1n2-c2ccc(C3CCN(CCCCC)CC3)cc2C12CCCCC2. The second-order valence-electron chi connectivity index (χ2n) is 11.1. The Labute approximate surface area is 210 Å². The van der Waals surface area contributed by atoms with Gasteiger partial charge < -0.3 is 4.90 Å². The first kappa shape index (κ1) is 23.0. The number of rotatable bonds is 5. The summed E-state index contributed by atoms with van der Waals surface area (Å²) in [4.78, 5) is 20.6. The van der Waals surface area contributed by atoms with Crippen LogP contribution in [0.5, 0.6) is 0 Å². The van der Waals surface area contributed by atoms with Crippen LogP contribution in [0.25, 0.3) is 16.6 Å². The third kappa shape index (κ3) is 3.78. The van der Waals surface area contributed by atoms with E-state index in [9.17, 15) is 4.79 Å². The van der Waals surface area contributed by atoms with E-state index in [2.05, 4.69) is 34.6 Å². The Balaban J connectivity index is 1.40. The molecule has 2 aliphatic heterocycles. The molecule has 3 heterocycles. The van der Waals surface area contributed by atoms with Gasteiger partial charge in [0.25, 0.3) is 5.56 Å². The first-order chi connectivity index (χ1) is 17.1. The minimum Gasteiger partial charge on any atom is -0.303 e. The van der Waals surface area contributed by atoms with Gasteiger partial charge in [-0.25, -0.2) is 0 Å². The number of likely N-dealkylation sites (tertiary alicyclic amines) is 1. The molecule has 4 nitrogen and oxygen atoms in total. The highest BCUT2D eigenvalue weighted by molar-refractivity contribution is 6.38. The normalized spacial score (nSPS) is 19.8. The van der Waals surface area contributed by atoms with Crippen molar-refractivity contribution in [1.82, 2.24) is 14.5 Å². The maximum atomic E-state index is 13.2. The van der Waals surface area contributed by atoms with E-state index in [1.807, 2.05) is 18.2 Å². The second-order valence-corrected chi connectivity index (χ2v) is 11.1. The van der Waals surface area contributed by atoms with Crippen LogP contribution in [0.1, 0.15) is 94.0 Å². The number of hydrogen-bond acceptors (Lipinski definition) is 3. The molecule has 1 saturated heterocycles. The molecule has 3 aromatic rings. The lowest BCUT2D eigenvalue weighted by Gasteiger charge is -2.35. The molecular formula is C30H36BN3O. The Hall–Kier alpha value is -2.40. The molecule has 0 N–H and O–H groups in total. The lowest BCUT2D eigenvalue weighted by molar-refractivity contribution is 0.208. The van der Waals surface area contributed by atoms with Crippen LogP contribution in [0.2, 0.25) is 0 Å². The van der Waals surface area contributed by atoms with E-state index in [0.717, 1.165) is 24.2 Å². The molecule has 0 bridgehead atoms. The van der Waals surface area contributed by atoms with Crippen LogP contribution in [0.15, 0.2) is 41.2 Å². The predicted octanol–water partition coefficient (Wildman–Crippen LogP) is 5.11. The van der Waals surface area contributed by atoms with Crippen molar-refractivity contribution in [3.05, 3.63) is 63.7 Å². The van der Waals surface area contributed by atoms with E-state index in [4.69, 9.17) is 12.8 Å². The van der Waals surface area contributed by atoms with E-state index >= 15 is 0 Å². The highest BCUT2D eigenvalue weighted by atomic mass is 16.1. The van der Waals surface area contributed by atoms with Crippen LogP contribution in [0.4, 0.5) is 0 Å². The number of benzene rings is 2. The van der Waals surface area contributed by atoms with Gasteiger partial charge in [-0.2, -0.15) is 4.98 Å². The van der Waals surface area contributed by atoms with Gasteiger partial charge in [-0.3, -0.25) is 9.36 Å². The van der Waals surface area contributed by atoms with Gasteiger partial charge in [0.1, 0.15) is 13.7 Å². The number of fused-ring (bicyclic) bond motifs is 7. The molecule has 0 amide bonds. The van der Waals surface area contributed by atoms with E-state index in [1.54, 1.807) is 0 Å². The Morgan fingerprint density at radius 1 is 1.06 bits per heavy atom. The molecule has 180 valence electrons. The fourth-order valence-corrected chi connectivity index (χ4v) is 7.09. The summed E-state index contributed by atoms with van der Waals surface area (Å²) in [5.74, 6) is 1.56. The van der Waals surface area contributed by atoms with Crippen molar-refractivity contribution in [2.75, 3.05) is 19.6 Å². The number of piperidine rings is 1. The third-order valence-corrected chi connectivity index (χ3v) is 9.00. The molecule has 1 aliphatic carbocycles. The average Bonchev–Trinajstić information content (AvgIpc) is 3.13. The minimum atomic E-state index is -0.183. The highest BCUT2D eigenvalue weighted by Crippen LogP contribution is 2.52. The smallest absolute Gasteiger partial charge is 0.280 e. The van der Waals surface area contributed by atoms with Crippen LogP contribution < -0.4 is 11.0 Å². The zero-order valence-corrected chi connectivity index (χ0v) is 21.1. The van der Waals surface area contributed by atoms with Crippen molar-refractivity contribution in [2.24, 2.45) is 0 Å². The fraction of sp³-hybridized carbons (Fsp3) is 0.533. The molecule has 0 atom stereocenters. The van der Waals surface area contributed by atoms with Gasteiger partial charge in [-0.1, -0.05) is 68.8 Å². The quantitative estimate of drug-likeness (QED) is 0.388. The summed E-state index contributed by atoms with van der Waals surface area (Å²) in [6.07, 6.45) is 12.2. The molecule has 6 rings (SSSR count). The first-order valence-corrected chi connectivity index (χ1v) is 13.8. The summed E-state index contributed by atoms with van der Waals surface area (Å²) < 4.78 is 2.26. The molecule has 2 fully saturated rings. The van der Waals surface area contributed by atoms with E-state index in [0.29, 0.717) is 16.8 Å². The summed E-state index contributed by atoms with van der Waals surface area (Å²) in [7, 11) is 6.25. The van der Waals surface area contributed by atoms with Crippen molar-refractivity contribution in [3.63, 3.8) is 0 Å². The summed E-state index contributed by atoms with van der Waals surface area (Å²) in [5, 5.41) is 0.551. The molecule has 3 aliphatic rings. The standard InChI is InChI=1S/C30H36BN3O/c1-2-3-7-17-33-18-13-21(14-19-33)22-11-12-25-23(20-22)30(15-5-4-6-16-30)29-32-28(35)27-24(31)9-8-10-26(27)34(25)29/h8-12,20-21H,2-7,13-19H2,1H3. The van der Waals surface area contributed by atoms with Crippen LogP contribution in [0.3, 0.4) is 0 Å². The predicted molar refractivity (Wildman–Crippen MR) is 145 cm³/mol. The maximum Gasteiger partial charge on any atom is 0.280 e. The van der Waals surface area contributed by atoms with Crippen molar-refractivity contribution < 1.29 is 0 Å². The Morgan fingerprint density at radius 2 is 1.86 bits per heavy atom. The molecular weight excluding hydrogens is 429 g/mol. The molecule has 0 unspecified atom stereocenters. The Kier molecular flexibility index (Phi) is 6.08. The number of unbranched alkanes of at least 4 members (excludes halogenated alkanes) is 2. The molecule has 1 aromatic heterocycles. The van der Waals surface area contributed by atoms with Crippen molar-refractivity contribution >= 4 is 24.2 Å². The summed E-state index contributed by atoms with van der Waals surface area (Å²) in [5.41, 5.74) is 5.15. The minimum absolute atomic E-state index is 0.150. The van der Waals surface area contributed by atoms with Crippen molar-refractivity contribution in [2.45, 2.75) is 82.5 Å². The van der Waals surface area contributed by atoms with E-state index in [-0.39, 0.29) is 11.0 Å². The largest absolute Gasteiger partial charge is 0.303 e. The summed E-state index contributed by atoms with van der Waals surface area (Å²) in [6.45, 7) is 5.94. The first-order valence-electron chi connectivity index (χ1n) is 13.8. The van der Waals surface area contributed by atoms with Gasteiger partial charge in [0, 0.05) is 0 Å². The second kappa shape index (κ2) is 9.24. The average molecular weight is 465 g/mol. The zero-order valence-electron chi connectivity index (χ0n) is 21.1. The molecule has 35 heavy (non-hydrogen) atoms. The van der Waals surface area contributed by atoms with Gasteiger partial charge in [-0.15, -0.1) is 0 Å². The maximum absolute atomic E-state index is 13.2. The highest BCUT2D eigenvalue weighted by Gasteiger charge is 2.46. The molecule has 2 radical (unpaired) electrons. The lowest BCUT2D eigenvalue weighted by Crippen LogP contribution is -2.34. The van der Waals surface area contributed by atoms with Crippen LogP contribution in [0, 0.1) is 0 Å². The third-order valence-electron chi connectivity index (χ3n) is 9.00. The van der Waals surface area contributed by atoms with Gasteiger partial charge in [0.2, 0.25) is 0 Å². The van der Waals surface area contributed by atoms with Crippen molar-refractivity contribution in [1.29, 1.82) is 0 Å². The topological polar surface area (TPSA) is 38.1 Å². The molecule has 2 aromatic carbocycles. The zero-order chi connectivity index (χ0) is 24.0.